The summed E-state index contributed by atoms with van der Waals surface area (Å²) in [5.74, 6) is 0.893. The Morgan fingerprint density at radius 2 is 2.25 bits per heavy atom. The normalized spacial score (nSPS) is 32.1. The third-order valence-electron chi connectivity index (χ3n) is 4.33. The van der Waals surface area contributed by atoms with E-state index in [2.05, 4.69) is 24.5 Å². The van der Waals surface area contributed by atoms with Gasteiger partial charge in [-0.25, -0.2) is 0 Å². The van der Waals surface area contributed by atoms with Gasteiger partial charge in [0.25, 0.3) is 0 Å². The molecular weight excluding hydrogens is 200 g/mol. The van der Waals surface area contributed by atoms with Crippen LogP contribution in [-0.4, -0.2) is 25.0 Å². The minimum atomic E-state index is 0.0522. The number of amides is 1. The minimum absolute atomic E-state index is 0.0522. The molecule has 0 aromatic rings. The molecule has 16 heavy (non-hydrogen) atoms. The molecule has 0 aromatic carbocycles. The maximum Gasteiger partial charge on any atom is 0.237 e. The highest BCUT2D eigenvalue weighted by atomic mass is 16.2. The fourth-order valence-electron chi connectivity index (χ4n) is 2.54. The molecule has 1 aliphatic carbocycles. The monoisotopic (exact) mass is 224 g/mol. The summed E-state index contributed by atoms with van der Waals surface area (Å²) >= 11 is 0. The highest BCUT2D eigenvalue weighted by molar-refractivity contribution is 5.81. The summed E-state index contributed by atoms with van der Waals surface area (Å²) in [6.45, 7) is 6.32. The summed E-state index contributed by atoms with van der Waals surface area (Å²) < 4.78 is 0. The quantitative estimate of drug-likeness (QED) is 0.763. The number of hydrogen-bond acceptors (Lipinski definition) is 2. The van der Waals surface area contributed by atoms with Crippen molar-refractivity contribution in [3.63, 3.8) is 0 Å². The molecule has 1 saturated heterocycles. The molecule has 92 valence electrons. The first kappa shape index (κ1) is 11.9. The molecule has 0 spiro atoms. The van der Waals surface area contributed by atoms with Crippen LogP contribution in [0.1, 0.15) is 46.0 Å². The van der Waals surface area contributed by atoms with Crippen LogP contribution in [0.15, 0.2) is 0 Å². The van der Waals surface area contributed by atoms with Gasteiger partial charge in [0.15, 0.2) is 0 Å². The van der Waals surface area contributed by atoms with Gasteiger partial charge in [-0.05, 0) is 50.0 Å². The number of nitrogens with one attached hydrogen (secondary N) is 2. The molecule has 2 fully saturated rings. The Morgan fingerprint density at radius 3 is 2.81 bits per heavy atom. The van der Waals surface area contributed by atoms with Crippen LogP contribution in [0.3, 0.4) is 0 Å². The molecular formula is C13H24N2O. The Kier molecular flexibility index (Phi) is 3.53. The Labute approximate surface area is 98.4 Å². The zero-order valence-corrected chi connectivity index (χ0v) is 10.5. The molecule has 2 atom stereocenters. The molecule has 1 heterocycles. The van der Waals surface area contributed by atoms with E-state index in [-0.39, 0.29) is 11.9 Å². The smallest absolute Gasteiger partial charge is 0.237 e. The second kappa shape index (κ2) is 4.74. The van der Waals surface area contributed by atoms with E-state index in [0.29, 0.717) is 11.3 Å². The van der Waals surface area contributed by atoms with E-state index < -0.39 is 0 Å². The Bertz CT molecular complexity index is 261. The van der Waals surface area contributed by atoms with Gasteiger partial charge in [0, 0.05) is 6.54 Å². The predicted octanol–water partition coefficient (Wildman–Crippen LogP) is 1.68. The maximum absolute atomic E-state index is 12.0. The van der Waals surface area contributed by atoms with E-state index in [0.717, 1.165) is 19.5 Å². The van der Waals surface area contributed by atoms with Crippen molar-refractivity contribution in [1.82, 2.24) is 10.6 Å². The molecule has 0 radical (unpaired) electrons. The van der Waals surface area contributed by atoms with Gasteiger partial charge in [-0.3, -0.25) is 4.79 Å². The maximum atomic E-state index is 12.0. The van der Waals surface area contributed by atoms with Gasteiger partial charge < -0.3 is 10.6 Å². The molecule has 1 aliphatic heterocycles. The second-order valence-corrected chi connectivity index (χ2v) is 5.71. The van der Waals surface area contributed by atoms with Gasteiger partial charge in [0.05, 0.1) is 6.04 Å². The molecule has 0 aromatic heterocycles. The van der Waals surface area contributed by atoms with Crippen molar-refractivity contribution in [2.24, 2.45) is 11.3 Å². The van der Waals surface area contributed by atoms with Crippen molar-refractivity contribution in [1.29, 1.82) is 0 Å². The molecule has 3 heteroatoms. The summed E-state index contributed by atoms with van der Waals surface area (Å²) in [4.78, 5) is 12.0. The first-order valence-electron chi connectivity index (χ1n) is 6.66. The zero-order chi connectivity index (χ0) is 11.6. The predicted molar refractivity (Wildman–Crippen MR) is 65.2 cm³/mol. The average molecular weight is 224 g/mol. The lowest BCUT2D eigenvalue weighted by atomic mass is 9.93. The van der Waals surface area contributed by atoms with Crippen molar-refractivity contribution in [3.8, 4) is 0 Å². The second-order valence-electron chi connectivity index (χ2n) is 5.71. The molecule has 2 N–H and O–H groups in total. The van der Waals surface area contributed by atoms with E-state index >= 15 is 0 Å². The van der Waals surface area contributed by atoms with Crippen LogP contribution in [0, 0.1) is 11.3 Å². The van der Waals surface area contributed by atoms with Gasteiger partial charge >= 0.3 is 0 Å². The highest BCUT2D eigenvalue weighted by Gasteiger charge is 2.41. The lowest BCUT2D eigenvalue weighted by Gasteiger charge is -2.27. The van der Waals surface area contributed by atoms with Crippen molar-refractivity contribution in [2.45, 2.75) is 52.0 Å². The van der Waals surface area contributed by atoms with Crippen molar-refractivity contribution in [3.05, 3.63) is 0 Å². The van der Waals surface area contributed by atoms with Gasteiger partial charge in [-0.15, -0.1) is 0 Å². The molecule has 3 nitrogen and oxygen atoms in total. The largest absolute Gasteiger partial charge is 0.354 e. The molecule has 1 saturated carbocycles. The number of rotatable bonds is 4. The number of carbonyl (C=O) groups excluding carboxylic acids is 1. The Balaban J connectivity index is 1.75. The zero-order valence-electron chi connectivity index (χ0n) is 10.5. The molecule has 2 rings (SSSR count). The average Bonchev–Trinajstić information content (AvgIpc) is 3.07. The van der Waals surface area contributed by atoms with Crippen LogP contribution in [0.4, 0.5) is 0 Å². The highest BCUT2D eigenvalue weighted by Crippen LogP contribution is 2.47. The van der Waals surface area contributed by atoms with E-state index in [9.17, 15) is 4.79 Å². The van der Waals surface area contributed by atoms with E-state index in [1.807, 2.05) is 0 Å². The molecule has 1 amide bonds. The Hall–Kier alpha value is -0.570. The topological polar surface area (TPSA) is 41.1 Å². The lowest BCUT2D eigenvalue weighted by molar-refractivity contribution is -0.124. The van der Waals surface area contributed by atoms with E-state index in [4.69, 9.17) is 0 Å². The van der Waals surface area contributed by atoms with Crippen molar-refractivity contribution < 1.29 is 4.79 Å². The molecule has 2 aliphatic rings. The summed E-state index contributed by atoms with van der Waals surface area (Å²) in [5.41, 5.74) is 0.454. The van der Waals surface area contributed by atoms with E-state index in [1.165, 1.54) is 25.7 Å². The van der Waals surface area contributed by atoms with Crippen LogP contribution < -0.4 is 10.6 Å². The SMILES string of the molecule is CCC1(CNC(=O)C2CC(C)CCN2)CC1. The number of piperidine rings is 1. The standard InChI is InChI=1S/C13H24N2O/c1-3-13(5-6-13)9-15-12(16)11-8-10(2)4-7-14-11/h10-11,14H,3-9H2,1-2H3,(H,15,16). The van der Waals surface area contributed by atoms with Crippen molar-refractivity contribution >= 4 is 5.91 Å². The fourth-order valence-corrected chi connectivity index (χ4v) is 2.54. The Morgan fingerprint density at radius 1 is 1.50 bits per heavy atom. The first-order valence-corrected chi connectivity index (χ1v) is 6.66. The molecule has 0 bridgehead atoms. The molecule has 2 unspecified atom stereocenters. The van der Waals surface area contributed by atoms with Crippen LogP contribution >= 0.6 is 0 Å². The number of carbonyl (C=O) groups is 1. The van der Waals surface area contributed by atoms with Crippen LogP contribution in [-0.2, 0) is 4.79 Å². The van der Waals surface area contributed by atoms with Gasteiger partial charge in [0.1, 0.15) is 0 Å². The summed E-state index contributed by atoms with van der Waals surface area (Å²) in [6, 6.07) is 0.0522. The van der Waals surface area contributed by atoms with Crippen LogP contribution in [0.25, 0.3) is 0 Å². The summed E-state index contributed by atoms with van der Waals surface area (Å²) in [5, 5.41) is 6.44. The van der Waals surface area contributed by atoms with Gasteiger partial charge in [-0.1, -0.05) is 13.8 Å². The van der Waals surface area contributed by atoms with Gasteiger partial charge in [-0.2, -0.15) is 0 Å². The van der Waals surface area contributed by atoms with Gasteiger partial charge in [0.2, 0.25) is 5.91 Å². The first-order chi connectivity index (χ1) is 7.65. The van der Waals surface area contributed by atoms with Crippen molar-refractivity contribution in [2.75, 3.05) is 13.1 Å². The third-order valence-corrected chi connectivity index (χ3v) is 4.33. The fraction of sp³-hybridized carbons (Fsp3) is 0.923. The minimum Gasteiger partial charge on any atom is -0.354 e. The third kappa shape index (κ3) is 2.76. The van der Waals surface area contributed by atoms with Crippen LogP contribution in [0.5, 0.6) is 0 Å². The lowest BCUT2D eigenvalue weighted by Crippen LogP contribution is -2.49. The van der Waals surface area contributed by atoms with Crippen LogP contribution in [0.2, 0.25) is 0 Å². The summed E-state index contributed by atoms with van der Waals surface area (Å²) in [6.07, 6.45) is 5.96. The van der Waals surface area contributed by atoms with E-state index in [1.54, 1.807) is 0 Å². The number of hydrogen-bond donors (Lipinski definition) is 2. The summed E-state index contributed by atoms with van der Waals surface area (Å²) in [7, 11) is 0.